The standard InChI is InChI=1S/C21H30N6O4S/c1-12-17(13-7-8-13)25-15-6-4-5-14(15)18(12)26-20(28)27-32(23,29)16(9-22)19-24-10-21(2,30-3)11-31-19/h9,13H,4-8,10-11,22H2,1-3H3,(H3,23,25,26,27,28,29)/b16-9+. The van der Waals surface area contributed by atoms with E-state index in [1.165, 1.54) is 0 Å². The minimum atomic E-state index is -3.69. The molecule has 2 atom stereocenters. The predicted molar refractivity (Wildman–Crippen MR) is 123 cm³/mol. The number of rotatable bonds is 5. The normalized spacial score (nSPS) is 24.8. The number of nitrogens with one attached hydrogen (secondary N) is 1. The Morgan fingerprint density at radius 3 is 2.75 bits per heavy atom. The van der Waals surface area contributed by atoms with Crippen LogP contribution in [0.15, 0.2) is 20.5 Å². The van der Waals surface area contributed by atoms with E-state index in [1.807, 2.05) is 13.8 Å². The number of nitrogens with two attached hydrogens (primary N) is 2. The highest BCUT2D eigenvalue weighted by molar-refractivity contribution is 7.96. The SMILES string of the molecule is COC1(C)CN=C(/C(=C\N)S(N)(=O)=NC(=O)Nc2c(C)c(C3CC3)nc3c2CCC3)OC1. The molecule has 0 radical (unpaired) electrons. The zero-order valence-corrected chi connectivity index (χ0v) is 19.5. The number of anilines is 1. The van der Waals surface area contributed by atoms with Crippen LogP contribution in [-0.2, 0) is 32.2 Å². The van der Waals surface area contributed by atoms with E-state index in [-0.39, 0.29) is 24.0 Å². The lowest BCUT2D eigenvalue weighted by molar-refractivity contribution is -0.0338. The first-order valence-corrected chi connectivity index (χ1v) is 12.3. The fraction of sp³-hybridized carbons (Fsp3) is 0.571. The number of pyridine rings is 1. The Labute approximate surface area is 188 Å². The van der Waals surface area contributed by atoms with Gasteiger partial charge in [-0.05, 0) is 57.1 Å². The molecule has 0 aromatic carbocycles. The molecule has 2 unspecified atom stereocenters. The molecule has 1 aromatic rings. The summed E-state index contributed by atoms with van der Waals surface area (Å²) >= 11 is 0. The molecule has 5 N–H and O–H groups in total. The zero-order chi connectivity index (χ0) is 23.1. The Morgan fingerprint density at radius 2 is 2.16 bits per heavy atom. The van der Waals surface area contributed by atoms with Gasteiger partial charge >= 0.3 is 6.03 Å². The first kappa shape index (κ1) is 22.7. The van der Waals surface area contributed by atoms with Gasteiger partial charge in [0.2, 0.25) is 5.90 Å². The smallest absolute Gasteiger partial charge is 0.354 e. The number of aromatic nitrogens is 1. The minimum absolute atomic E-state index is 0.00285. The van der Waals surface area contributed by atoms with Crippen LogP contribution in [0.25, 0.3) is 0 Å². The summed E-state index contributed by atoms with van der Waals surface area (Å²) in [7, 11) is -2.13. The van der Waals surface area contributed by atoms with Crippen molar-refractivity contribution in [1.29, 1.82) is 0 Å². The number of hydrogen-bond donors (Lipinski definition) is 3. The number of hydrogen-bond acceptors (Lipinski definition) is 7. The number of aryl methyl sites for hydroxylation is 1. The maximum atomic E-state index is 13.1. The number of urea groups is 1. The number of fused-ring (bicyclic) bond motifs is 1. The lowest BCUT2D eigenvalue weighted by atomic mass is 10.0. The molecule has 0 bridgehead atoms. The van der Waals surface area contributed by atoms with Crippen molar-refractivity contribution in [2.45, 2.75) is 57.5 Å². The van der Waals surface area contributed by atoms with Crippen molar-refractivity contribution >= 4 is 27.5 Å². The van der Waals surface area contributed by atoms with Crippen LogP contribution in [0.3, 0.4) is 0 Å². The largest absolute Gasteiger partial charge is 0.474 e. The second kappa shape index (κ2) is 8.45. The maximum absolute atomic E-state index is 13.1. The molecule has 1 aliphatic heterocycles. The molecule has 2 amide bonds. The van der Waals surface area contributed by atoms with Gasteiger partial charge in [-0.25, -0.2) is 19.1 Å². The van der Waals surface area contributed by atoms with Crippen LogP contribution in [0, 0.1) is 6.92 Å². The van der Waals surface area contributed by atoms with Crippen molar-refractivity contribution in [1.82, 2.24) is 4.98 Å². The summed E-state index contributed by atoms with van der Waals surface area (Å²) in [5.74, 6) is 0.446. The summed E-state index contributed by atoms with van der Waals surface area (Å²) < 4.78 is 27.8. The minimum Gasteiger partial charge on any atom is -0.474 e. The lowest BCUT2D eigenvalue weighted by Gasteiger charge is -2.31. The summed E-state index contributed by atoms with van der Waals surface area (Å²) in [5.41, 5.74) is 9.78. The second-order valence-corrected chi connectivity index (χ2v) is 10.5. The molecule has 1 fully saturated rings. The van der Waals surface area contributed by atoms with Crippen LogP contribution in [0.1, 0.15) is 54.6 Å². The van der Waals surface area contributed by atoms with Gasteiger partial charge in [-0.15, -0.1) is 4.36 Å². The van der Waals surface area contributed by atoms with Gasteiger partial charge in [0.25, 0.3) is 0 Å². The van der Waals surface area contributed by atoms with Gasteiger partial charge in [0.05, 0.1) is 12.2 Å². The van der Waals surface area contributed by atoms with E-state index in [0.717, 1.165) is 60.8 Å². The Bertz CT molecular complexity index is 1130. The van der Waals surface area contributed by atoms with Crippen LogP contribution in [0.2, 0.25) is 0 Å². The van der Waals surface area contributed by atoms with Gasteiger partial charge in [0.15, 0.2) is 9.92 Å². The molecular weight excluding hydrogens is 432 g/mol. The molecule has 2 heterocycles. The van der Waals surface area contributed by atoms with Crippen LogP contribution >= 0.6 is 0 Å². The molecule has 32 heavy (non-hydrogen) atoms. The summed E-state index contributed by atoms with van der Waals surface area (Å²) in [6.07, 6.45) is 5.94. The first-order chi connectivity index (χ1) is 15.2. The predicted octanol–water partition coefficient (Wildman–Crippen LogP) is 2.26. The van der Waals surface area contributed by atoms with Gasteiger partial charge in [-0.3, -0.25) is 4.98 Å². The topological polar surface area (TPSA) is 154 Å². The van der Waals surface area contributed by atoms with Crippen molar-refractivity contribution in [2.75, 3.05) is 25.6 Å². The van der Waals surface area contributed by atoms with E-state index < -0.39 is 21.5 Å². The highest BCUT2D eigenvalue weighted by atomic mass is 32.2. The third-order valence-corrected chi connectivity index (χ3v) is 7.54. The molecule has 1 aromatic heterocycles. The third-order valence-electron chi connectivity index (χ3n) is 6.16. The molecule has 11 heteroatoms. The average Bonchev–Trinajstić information content (AvgIpc) is 3.48. The monoisotopic (exact) mass is 462 g/mol. The van der Waals surface area contributed by atoms with Crippen LogP contribution < -0.4 is 16.2 Å². The van der Waals surface area contributed by atoms with Gasteiger partial charge in [-0.1, -0.05) is 0 Å². The highest BCUT2D eigenvalue weighted by Gasteiger charge is 2.33. The van der Waals surface area contributed by atoms with Crippen molar-refractivity contribution < 1.29 is 18.5 Å². The molecule has 10 nitrogen and oxygen atoms in total. The number of methoxy groups -OCH3 is 1. The van der Waals surface area contributed by atoms with Gasteiger partial charge in [-0.2, -0.15) is 0 Å². The van der Waals surface area contributed by atoms with Crippen molar-refractivity contribution in [3.63, 3.8) is 0 Å². The van der Waals surface area contributed by atoms with Crippen LogP contribution in [0.5, 0.6) is 0 Å². The molecule has 4 rings (SSSR count). The average molecular weight is 463 g/mol. The third kappa shape index (κ3) is 4.37. The van der Waals surface area contributed by atoms with Crippen LogP contribution in [0.4, 0.5) is 10.5 Å². The summed E-state index contributed by atoms with van der Waals surface area (Å²) in [6, 6.07) is -0.805. The molecule has 0 spiro atoms. The van der Waals surface area contributed by atoms with Gasteiger partial charge in [0, 0.05) is 30.6 Å². The Kier molecular flexibility index (Phi) is 5.99. The number of aliphatic imine (C=N–C) groups is 1. The number of ether oxygens (including phenoxy) is 2. The summed E-state index contributed by atoms with van der Waals surface area (Å²) in [5, 5.41) is 8.76. The fourth-order valence-electron chi connectivity index (χ4n) is 4.05. The Morgan fingerprint density at radius 1 is 1.41 bits per heavy atom. The quantitative estimate of drug-likeness (QED) is 0.610. The molecule has 174 valence electrons. The second-order valence-electron chi connectivity index (χ2n) is 8.74. The van der Waals surface area contributed by atoms with Crippen molar-refractivity contribution in [2.24, 2.45) is 20.2 Å². The molecule has 1 saturated carbocycles. The fourth-order valence-corrected chi connectivity index (χ4v) is 5.01. The molecule has 3 aliphatic rings. The Hall–Kier alpha value is -2.50. The zero-order valence-electron chi connectivity index (χ0n) is 18.6. The number of carbonyl (C=O) groups is 1. The maximum Gasteiger partial charge on any atom is 0.354 e. The summed E-state index contributed by atoms with van der Waals surface area (Å²) in [6.45, 7) is 4.23. The lowest BCUT2D eigenvalue weighted by Crippen LogP contribution is -2.42. The van der Waals surface area contributed by atoms with Crippen molar-refractivity contribution in [3.05, 3.63) is 33.6 Å². The van der Waals surface area contributed by atoms with E-state index in [2.05, 4.69) is 14.7 Å². The number of nitrogens with zero attached hydrogens (tertiary/aromatic N) is 3. The van der Waals surface area contributed by atoms with Gasteiger partial charge in [0.1, 0.15) is 17.1 Å². The van der Waals surface area contributed by atoms with Gasteiger partial charge < -0.3 is 20.5 Å². The molecular formula is C21H30N6O4S. The van der Waals surface area contributed by atoms with E-state index in [9.17, 15) is 9.00 Å². The van der Waals surface area contributed by atoms with Crippen LogP contribution in [-0.4, -0.2) is 47.0 Å². The van der Waals surface area contributed by atoms with E-state index in [0.29, 0.717) is 11.6 Å². The summed E-state index contributed by atoms with van der Waals surface area (Å²) in [4.78, 5) is 21.8. The van der Waals surface area contributed by atoms with E-state index >= 15 is 0 Å². The highest BCUT2D eigenvalue weighted by Crippen LogP contribution is 2.44. The molecule has 0 saturated heterocycles. The van der Waals surface area contributed by atoms with E-state index in [4.69, 9.17) is 25.3 Å². The first-order valence-electron chi connectivity index (χ1n) is 10.7. The van der Waals surface area contributed by atoms with Crippen molar-refractivity contribution in [3.8, 4) is 0 Å². The molecule has 2 aliphatic carbocycles. The Balaban J connectivity index is 1.60. The number of amides is 2. The van der Waals surface area contributed by atoms with E-state index in [1.54, 1.807) is 7.11 Å². The number of carbonyl (C=O) groups excluding carboxylic acids is 1.